The molecule has 0 N–H and O–H groups in total. The predicted octanol–water partition coefficient (Wildman–Crippen LogP) is 6.28. The number of hydrogen-bond acceptors (Lipinski definition) is 4. The van der Waals surface area contributed by atoms with Crippen molar-refractivity contribution in [2.75, 3.05) is 26.3 Å². The largest absolute Gasteiger partial charge is 0.493 e. The Hall–Kier alpha value is -2.17. The molecule has 37 heavy (non-hydrogen) atoms. The van der Waals surface area contributed by atoms with E-state index in [4.69, 9.17) is 9.47 Å². The summed E-state index contributed by atoms with van der Waals surface area (Å²) in [6, 6.07) is 17.7. The summed E-state index contributed by atoms with van der Waals surface area (Å²) < 4.78 is 13.7. The molecule has 1 saturated heterocycles. The molecule has 1 aliphatic heterocycles. The van der Waals surface area contributed by atoms with E-state index in [9.17, 15) is 4.79 Å². The molecule has 198 valence electrons. The summed E-state index contributed by atoms with van der Waals surface area (Å²) in [6.07, 6.45) is 11.0. The maximum absolute atomic E-state index is 13.2. The first-order chi connectivity index (χ1) is 18.1. The molecule has 3 aliphatic carbocycles. The second kappa shape index (κ2) is 10.5. The highest BCUT2D eigenvalue weighted by atomic mass is 16.5. The molecule has 0 amide bonds. The van der Waals surface area contributed by atoms with E-state index in [2.05, 4.69) is 60.4 Å². The van der Waals surface area contributed by atoms with Gasteiger partial charge in [0, 0.05) is 43.0 Å². The number of benzene rings is 2. The van der Waals surface area contributed by atoms with Gasteiger partial charge in [0.05, 0.1) is 12.2 Å². The number of aryl methyl sites for hydroxylation is 1. The smallest absolute Gasteiger partial charge is 0.134 e. The Labute approximate surface area is 222 Å². The molecule has 0 aromatic heterocycles. The molecule has 2 aromatic rings. The van der Waals surface area contributed by atoms with E-state index in [1.54, 1.807) is 0 Å². The Bertz CT molecular complexity index is 1100. The van der Waals surface area contributed by atoms with Crippen molar-refractivity contribution in [2.24, 2.45) is 5.92 Å². The van der Waals surface area contributed by atoms with E-state index >= 15 is 0 Å². The second-order valence-corrected chi connectivity index (χ2v) is 12.0. The van der Waals surface area contributed by atoms with Crippen LogP contribution in [0.2, 0.25) is 0 Å². The molecular weight excluding hydrogens is 458 g/mol. The van der Waals surface area contributed by atoms with E-state index in [0.717, 1.165) is 76.4 Å². The number of carbonyl (C=O) groups is 1. The first kappa shape index (κ1) is 25.1. The third-order valence-corrected chi connectivity index (χ3v) is 9.65. The van der Waals surface area contributed by atoms with Gasteiger partial charge < -0.3 is 9.47 Å². The summed E-state index contributed by atoms with van der Waals surface area (Å²) >= 11 is 0. The monoisotopic (exact) mass is 501 g/mol. The summed E-state index contributed by atoms with van der Waals surface area (Å²) in [4.78, 5) is 16.0. The Balaban J connectivity index is 1.36. The number of ether oxygens (including phenoxy) is 2. The van der Waals surface area contributed by atoms with Gasteiger partial charge in [0.2, 0.25) is 0 Å². The predicted molar refractivity (Wildman–Crippen MR) is 147 cm³/mol. The van der Waals surface area contributed by atoms with Gasteiger partial charge in [0.25, 0.3) is 0 Å². The van der Waals surface area contributed by atoms with Crippen LogP contribution in [0.1, 0.15) is 81.4 Å². The summed E-state index contributed by atoms with van der Waals surface area (Å²) in [6.45, 7) is 5.93. The van der Waals surface area contributed by atoms with Crippen LogP contribution < -0.4 is 4.74 Å². The normalized spacial score (nSPS) is 29.0. The van der Waals surface area contributed by atoms with Gasteiger partial charge in [-0.25, -0.2) is 0 Å². The molecule has 4 aliphatic rings. The highest BCUT2D eigenvalue weighted by Gasteiger charge is 2.67. The van der Waals surface area contributed by atoms with Crippen molar-refractivity contribution in [1.29, 1.82) is 0 Å². The lowest BCUT2D eigenvalue weighted by Crippen LogP contribution is -2.74. The van der Waals surface area contributed by atoms with Crippen LogP contribution in [-0.2, 0) is 27.8 Å². The van der Waals surface area contributed by atoms with E-state index in [-0.39, 0.29) is 11.0 Å². The number of nitrogens with zero attached hydrogens (tertiary/aromatic N) is 1. The van der Waals surface area contributed by atoms with Crippen molar-refractivity contribution in [3.8, 4) is 5.75 Å². The van der Waals surface area contributed by atoms with Gasteiger partial charge >= 0.3 is 0 Å². The van der Waals surface area contributed by atoms with Crippen LogP contribution in [0, 0.1) is 5.92 Å². The number of Topliss-reactive ketones (excluding diaryl/α,β-unsaturated/α-hetero) is 1. The highest BCUT2D eigenvalue weighted by Crippen LogP contribution is 2.61. The molecule has 2 saturated carbocycles. The van der Waals surface area contributed by atoms with Crippen molar-refractivity contribution in [2.45, 2.75) is 94.6 Å². The number of ketones is 1. The average molecular weight is 502 g/mol. The Kier molecular flexibility index (Phi) is 7.15. The van der Waals surface area contributed by atoms with E-state index in [1.807, 2.05) is 0 Å². The summed E-state index contributed by atoms with van der Waals surface area (Å²) in [7, 11) is 0. The first-order valence-corrected chi connectivity index (χ1v) is 14.8. The van der Waals surface area contributed by atoms with Crippen molar-refractivity contribution in [3.63, 3.8) is 0 Å². The number of fused-ring (bicyclic) bond motifs is 1. The van der Waals surface area contributed by atoms with Gasteiger partial charge in [0.15, 0.2) is 0 Å². The van der Waals surface area contributed by atoms with Crippen molar-refractivity contribution in [3.05, 3.63) is 65.2 Å². The van der Waals surface area contributed by atoms with E-state index in [0.29, 0.717) is 24.7 Å². The Morgan fingerprint density at radius 2 is 1.86 bits per heavy atom. The molecule has 2 aromatic carbocycles. The summed E-state index contributed by atoms with van der Waals surface area (Å²) in [5, 5.41) is 0. The molecule has 1 unspecified atom stereocenters. The number of carbonyl (C=O) groups excluding carboxylic acids is 1. The molecule has 4 nitrogen and oxygen atoms in total. The molecule has 1 heterocycles. The number of unbranched alkanes of at least 4 members (excludes halogenated alkanes) is 1. The van der Waals surface area contributed by atoms with Crippen LogP contribution in [0.25, 0.3) is 0 Å². The van der Waals surface area contributed by atoms with E-state index < -0.39 is 0 Å². The van der Waals surface area contributed by atoms with Gasteiger partial charge in [-0.15, -0.1) is 0 Å². The summed E-state index contributed by atoms with van der Waals surface area (Å²) in [5.74, 6) is 2.25. The van der Waals surface area contributed by atoms with Crippen molar-refractivity contribution >= 4 is 5.78 Å². The van der Waals surface area contributed by atoms with Gasteiger partial charge in [-0.05, 0) is 81.0 Å². The fraction of sp³-hybridized carbons (Fsp3) is 0.606. The minimum atomic E-state index is -0.318. The standard InChI is InChI=1S/C33H43NO3/c1-2-3-20-36-29-13-7-12-27-22-30-33(37-21-8-11-25-9-5-4-6-10-25)17-16-28(35)23-32(33,31(27)29)18-19-34(30)24-26-14-15-26/h4-7,9-10,12-13,26,30H,2-3,8,11,14-24H2,1H3/t30-,32?,33-/m1/s1. The van der Waals surface area contributed by atoms with Crippen LogP contribution in [0.15, 0.2) is 48.5 Å². The molecule has 4 heteroatoms. The minimum Gasteiger partial charge on any atom is -0.493 e. The number of likely N-dealkylation sites (tertiary alicyclic amines) is 1. The fourth-order valence-corrected chi connectivity index (χ4v) is 7.71. The Morgan fingerprint density at radius 3 is 2.68 bits per heavy atom. The third kappa shape index (κ3) is 4.65. The van der Waals surface area contributed by atoms with Gasteiger partial charge in [0.1, 0.15) is 11.5 Å². The first-order valence-electron chi connectivity index (χ1n) is 14.8. The van der Waals surface area contributed by atoms with Crippen LogP contribution >= 0.6 is 0 Å². The lowest BCUT2D eigenvalue weighted by Gasteiger charge is -2.65. The van der Waals surface area contributed by atoms with Crippen LogP contribution in [0.4, 0.5) is 0 Å². The lowest BCUT2D eigenvalue weighted by molar-refractivity contribution is -0.201. The van der Waals surface area contributed by atoms with Gasteiger partial charge in [-0.3, -0.25) is 9.69 Å². The topological polar surface area (TPSA) is 38.8 Å². The van der Waals surface area contributed by atoms with Crippen LogP contribution in [0.3, 0.4) is 0 Å². The SMILES string of the molecule is CCCCOc1cccc2c1C13CCN(CC4CC4)[C@H](C2)[C@]1(OCCCc1ccccc1)CCC(=O)C3. The van der Waals surface area contributed by atoms with E-state index in [1.165, 1.54) is 36.1 Å². The fourth-order valence-electron chi connectivity index (χ4n) is 7.71. The molecule has 3 fully saturated rings. The quantitative estimate of drug-likeness (QED) is 0.340. The third-order valence-electron chi connectivity index (χ3n) is 9.65. The van der Waals surface area contributed by atoms with Crippen LogP contribution in [-0.4, -0.2) is 48.6 Å². The molecule has 0 radical (unpaired) electrons. The zero-order valence-electron chi connectivity index (χ0n) is 22.6. The maximum atomic E-state index is 13.2. The average Bonchev–Trinajstić information content (AvgIpc) is 3.73. The van der Waals surface area contributed by atoms with Crippen molar-refractivity contribution in [1.82, 2.24) is 4.90 Å². The minimum absolute atomic E-state index is 0.282. The summed E-state index contributed by atoms with van der Waals surface area (Å²) in [5.41, 5.74) is 3.47. The zero-order chi connectivity index (χ0) is 25.3. The molecule has 0 spiro atoms. The maximum Gasteiger partial charge on any atom is 0.134 e. The van der Waals surface area contributed by atoms with Gasteiger partial charge in [-0.2, -0.15) is 0 Å². The Morgan fingerprint density at radius 1 is 1.00 bits per heavy atom. The van der Waals surface area contributed by atoms with Crippen LogP contribution in [0.5, 0.6) is 5.75 Å². The highest BCUT2D eigenvalue weighted by molar-refractivity contribution is 5.83. The lowest BCUT2D eigenvalue weighted by atomic mass is 9.49. The number of hydrogen-bond donors (Lipinski definition) is 0. The molecule has 2 bridgehead atoms. The molecule has 3 atom stereocenters. The van der Waals surface area contributed by atoms with Crippen molar-refractivity contribution < 1.29 is 14.3 Å². The zero-order valence-corrected chi connectivity index (χ0v) is 22.6. The molecular formula is C33H43NO3. The van der Waals surface area contributed by atoms with Gasteiger partial charge in [-0.1, -0.05) is 55.8 Å². The number of rotatable bonds is 11. The molecule has 6 rings (SSSR count). The second-order valence-electron chi connectivity index (χ2n) is 12.0. The number of piperidine rings is 1.